The monoisotopic (exact) mass is 905 g/mol. The smallest absolute Gasteiger partial charge is 0.306 e. The number of hydrogen-bond donors (Lipinski definition) is 7. The molecule has 2 heterocycles. The first kappa shape index (κ1) is 57.4. The van der Waals surface area contributed by atoms with E-state index in [9.17, 15) is 45.3 Å². The minimum Gasteiger partial charge on any atom is -0.462 e. The first-order valence-electron chi connectivity index (χ1n) is 24.8. The number of carbonyl (C=O) groups excluding carboxylic acids is 2. The summed E-state index contributed by atoms with van der Waals surface area (Å²) in [4.78, 5) is 25.6. The topological polar surface area (TPSA) is 231 Å². The number of rotatable bonds is 38. The lowest BCUT2D eigenvalue weighted by atomic mass is 9.98. The van der Waals surface area contributed by atoms with E-state index < -0.39 is 92.7 Å². The van der Waals surface area contributed by atoms with Gasteiger partial charge in [-0.2, -0.15) is 0 Å². The van der Waals surface area contributed by atoms with Gasteiger partial charge in [0.15, 0.2) is 18.7 Å². The van der Waals surface area contributed by atoms with E-state index in [0.29, 0.717) is 12.8 Å². The molecule has 2 saturated heterocycles. The molecule has 370 valence electrons. The first-order chi connectivity index (χ1) is 30.5. The Morgan fingerprint density at radius 3 is 1.41 bits per heavy atom. The molecule has 2 aliphatic rings. The molecular formula is C48H88O15. The Bertz CT molecular complexity index is 1160. The first-order valence-corrected chi connectivity index (χ1v) is 24.8. The zero-order chi connectivity index (χ0) is 46.1. The van der Waals surface area contributed by atoms with Crippen LogP contribution in [0.4, 0.5) is 0 Å². The highest BCUT2D eigenvalue weighted by atomic mass is 16.7. The molecule has 0 radical (unpaired) electrons. The van der Waals surface area contributed by atoms with Crippen LogP contribution in [0.1, 0.15) is 187 Å². The van der Waals surface area contributed by atoms with Crippen molar-refractivity contribution in [2.75, 3.05) is 26.4 Å². The normalized spacial score (nSPS) is 26.9. The standard InChI is InChI=1S/C48H88O15/c1-3-5-7-9-11-13-15-16-17-18-19-20-21-23-25-27-29-31-40(51)61-36(33-58-39(50)30-28-26-24-22-14-12-10-8-6-4-2)34-59-47-46(57)44(55)42(53)38(63-47)35-60-48-45(56)43(54)41(52)37(32-49)62-48/h13,15,36-38,41-49,52-57H,3-12,14,16-35H2,1-2H3/b15-13+/t36-,37+,38+,41-,42-,43?,44?,45?,46?,47+,48+/m1/s1. The van der Waals surface area contributed by atoms with E-state index in [-0.39, 0.29) is 26.1 Å². The zero-order valence-corrected chi connectivity index (χ0v) is 38.8. The van der Waals surface area contributed by atoms with E-state index in [0.717, 1.165) is 44.9 Å². The number of aliphatic hydroxyl groups excluding tert-OH is 7. The zero-order valence-electron chi connectivity index (χ0n) is 38.8. The number of esters is 2. The fourth-order valence-electron chi connectivity index (χ4n) is 7.86. The lowest BCUT2D eigenvalue weighted by Gasteiger charge is -2.42. The maximum Gasteiger partial charge on any atom is 0.306 e. The van der Waals surface area contributed by atoms with Crippen molar-refractivity contribution in [3.8, 4) is 0 Å². The molecule has 15 nitrogen and oxygen atoms in total. The van der Waals surface area contributed by atoms with Crippen LogP contribution in [0.5, 0.6) is 0 Å². The third-order valence-electron chi connectivity index (χ3n) is 12.0. The van der Waals surface area contributed by atoms with E-state index >= 15 is 0 Å². The molecule has 0 aromatic rings. The van der Waals surface area contributed by atoms with Gasteiger partial charge in [0, 0.05) is 12.8 Å². The van der Waals surface area contributed by atoms with Gasteiger partial charge in [-0.3, -0.25) is 9.59 Å². The molecule has 0 saturated carbocycles. The summed E-state index contributed by atoms with van der Waals surface area (Å²) in [6.07, 6.45) is 16.8. The fraction of sp³-hybridized carbons (Fsp3) is 0.917. The van der Waals surface area contributed by atoms with Crippen LogP contribution in [0.25, 0.3) is 0 Å². The summed E-state index contributed by atoms with van der Waals surface area (Å²) in [5.74, 6) is -0.922. The summed E-state index contributed by atoms with van der Waals surface area (Å²) in [5, 5.41) is 71.9. The summed E-state index contributed by atoms with van der Waals surface area (Å²) in [6, 6.07) is 0. The van der Waals surface area contributed by atoms with Crippen LogP contribution in [-0.2, 0) is 38.0 Å². The summed E-state index contributed by atoms with van der Waals surface area (Å²) < 4.78 is 33.5. The molecule has 4 unspecified atom stereocenters. The molecule has 0 aromatic heterocycles. The van der Waals surface area contributed by atoms with Crippen LogP contribution in [-0.4, -0.2) is 142 Å². The van der Waals surface area contributed by atoms with E-state index in [1.807, 2.05) is 0 Å². The van der Waals surface area contributed by atoms with Crippen molar-refractivity contribution < 1.29 is 73.8 Å². The van der Waals surface area contributed by atoms with Gasteiger partial charge in [0.2, 0.25) is 0 Å². The van der Waals surface area contributed by atoms with Gasteiger partial charge in [-0.15, -0.1) is 0 Å². The van der Waals surface area contributed by atoms with Gasteiger partial charge < -0.3 is 64.2 Å². The summed E-state index contributed by atoms with van der Waals surface area (Å²) in [7, 11) is 0. The SMILES string of the molecule is CCCCCC/C=C/CCCCCCCCCCCC(=O)O[C@H](COC(=O)CCCCCCCCCCCC)CO[C@H]1O[C@@H](CO[C@H]2O[C@@H](CO)[C@@H](O)C(O)C2O)[C@@H](O)C(O)C1O. The highest BCUT2D eigenvalue weighted by Gasteiger charge is 2.47. The van der Waals surface area contributed by atoms with Crippen molar-refractivity contribution in [2.24, 2.45) is 0 Å². The van der Waals surface area contributed by atoms with Crippen molar-refractivity contribution >= 4 is 11.9 Å². The molecule has 0 bridgehead atoms. The second kappa shape index (κ2) is 36.4. The molecule has 0 aliphatic carbocycles. The third kappa shape index (κ3) is 25.1. The molecular weight excluding hydrogens is 817 g/mol. The Labute approximate surface area is 378 Å². The molecule has 7 N–H and O–H groups in total. The summed E-state index contributed by atoms with van der Waals surface area (Å²) in [5.41, 5.74) is 0. The fourth-order valence-corrected chi connectivity index (χ4v) is 7.86. The van der Waals surface area contributed by atoms with Crippen molar-refractivity contribution in [3.05, 3.63) is 12.2 Å². The number of aliphatic hydroxyl groups is 7. The van der Waals surface area contributed by atoms with Crippen LogP contribution in [0.2, 0.25) is 0 Å². The lowest BCUT2D eigenvalue weighted by molar-refractivity contribution is -0.332. The van der Waals surface area contributed by atoms with Crippen LogP contribution < -0.4 is 0 Å². The molecule has 2 aliphatic heterocycles. The maximum atomic E-state index is 13.0. The number of ether oxygens (including phenoxy) is 6. The predicted molar refractivity (Wildman–Crippen MR) is 238 cm³/mol. The van der Waals surface area contributed by atoms with Crippen LogP contribution in [0.3, 0.4) is 0 Å². The Morgan fingerprint density at radius 1 is 0.492 bits per heavy atom. The minimum atomic E-state index is -1.76. The number of allylic oxidation sites excluding steroid dienone is 2. The molecule has 2 fully saturated rings. The minimum absolute atomic E-state index is 0.167. The molecule has 0 amide bonds. The Hall–Kier alpha value is -1.76. The third-order valence-corrected chi connectivity index (χ3v) is 12.0. The van der Waals surface area contributed by atoms with Crippen LogP contribution >= 0.6 is 0 Å². The maximum absolute atomic E-state index is 13.0. The van der Waals surface area contributed by atoms with Crippen molar-refractivity contribution in [3.63, 3.8) is 0 Å². The highest BCUT2D eigenvalue weighted by molar-refractivity contribution is 5.70. The Morgan fingerprint density at radius 2 is 0.905 bits per heavy atom. The van der Waals surface area contributed by atoms with E-state index in [2.05, 4.69) is 26.0 Å². The van der Waals surface area contributed by atoms with Crippen LogP contribution in [0, 0.1) is 0 Å². The summed E-state index contributed by atoms with van der Waals surface area (Å²) >= 11 is 0. The van der Waals surface area contributed by atoms with Crippen LogP contribution in [0.15, 0.2) is 12.2 Å². The predicted octanol–water partition coefficient (Wildman–Crippen LogP) is 6.21. The highest BCUT2D eigenvalue weighted by Crippen LogP contribution is 2.26. The molecule has 2 rings (SSSR count). The summed E-state index contributed by atoms with van der Waals surface area (Å²) in [6.45, 7) is 2.57. The molecule has 0 aromatic carbocycles. The Balaban J connectivity index is 1.81. The van der Waals surface area contributed by atoms with Gasteiger partial charge >= 0.3 is 11.9 Å². The van der Waals surface area contributed by atoms with E-state index in [1.54, 1.807) is 0 Å². The van der Waals surface area contributed by atoms with E-state index in [1.165, 1.54) is 103 Å². The van der Waals surface area contributed by atoms with Gasteiger partial charge in [0.05, 0.1) is 19.8 Å². The molecule has 11 atom stereocenters. The second-order valence-electron chi connectivity index (χ2n) is 17.6. The average molecular weight is 905 g/mol. The van der Waals surface area contributed by atoms with Gasteiger partial charge in [0.25, 0.3) is 0 Å². The lowest BCUT2D eigenvalue weighted by Crippen LogP contribution is -2.61. The van der Waals surface area contributed by atoms with Gasteiger partial charge in [-0.05, 0) is 38.5 Å². The van der Waals surface area contributed by atoms with E-state index in [4.69, 9.17) is 28.4 Å². The van der Waals surface area contributed by atoms with Crippen molar-refractivity contribution in [1.82, 2.24) is 0 Å². The van der Waals surface area contributed by atoms with Gasteiger partial charge in [-0.25, -0.2) is 0 Å². The molecule has 63 heavy (non-hydrogen) atoms. The Kier molecular flexibility index (Phi) is 33.1. The average Bonchev–Trinajstić information content (AvgIpc) is 3.28. The second-order valence-corrected chi connectivity index (χ2v) is 17.6. The van der Waals surface area contributed by atoms with Gasteiger partial charge in [-0.1, -0.05) is 148 Å². The van der Waals surface area contributed by atoms with Gasteiger partial charge in [0.1, 0.15) is 55.4 Å². The van der Waals surface area contributed by atoms with Crippen molar-refractivity contribution in [1.29, 1.82) is 0 Å². The molecule has 15 heteroatoms. The number of carbonyl (C=O) groups is 2. The quantitative estimate of drug-likeness (QED) is 0.0208. The largest absolute Gasteiger partial charge is 0.462 e. The molecule has 0 spiro atoms. The number of unbranched alkanes of at least 4 members (excludes halogenated alkanes) is 22. The number of hydrogen-bond acceptors (Lipinski definition) is 15. The van der Waals surface area contributed by atoms with Crippen molar-refractivity contribution in [2.45, 2.75) is 255 Å².